The average Bonchev–Trinajstić information content (AvgIpc) is 2.78. The van der Waals surface area contributed by atoms with Crippen LogP contribution in [0.4, 0.5) is 0 Å². The Morgan fingerprint density at radius 2 is 2.24 bits per heavy atom. The number of rotatable bonds is 4. The Bertz CT molecular complexity index is 307. The van der Waals surface area contributed by atoms with Crippen LogP contribution in [0.15, 0.2) is 22.8 Å². The molecule has 1 saturated carbocycles. The Morgan fingerprint density at radius 1 is 1.35 bits per heavy atom. The highest BCUT2D eigenvalue weighted by Gasteiger charge is 2.20. The molecule has 2 unspecified atom stereocenters. The van der Waals surface area contributed by atoms with E-state index in [1.165, 1.54) is 38.5 Å². The molecule has 2 nitrogen and oxygen atoms in total. The molecular formula is C15H25NO. The van der Waals surface area contributed by atoms with Gasteiger partial charge in [0.1, 0.15) is 5.76 Å². The Hall–Kier alpha value is -0.760. The third-order valence-corrected chi connectivity index (χ3v) is 4.12. The molecular weight excluding hydrogens is 210 g/mol. The third-order valence-electron chi connectivity index (χ3n) is 4.12. The zero-order valence-electron chi connectivity index (χ0n) is 11.1. The first-order chi connectivity index (χ1) is 8.29. The van der Waals surface area contributed by atoms with Gasteiger partial charge in [-0.1, -0.05) is 26.2 Å². The van der Waals surface area contributed by atoms with Crippen LogP contribution in [0.5, 0.6) is 0 Å². The van der Waals surface area contributed by atoms with E-state index >= 15 is 0 Å². The summed E-state index contributed by atoms with van der Waals surface area (Å²) in [7, 11) is 0. The largest absolute Gasteiger partial charge is 0.468 e. The zero-order chi connectivity index (χ0) is 12.1. The minimum atomic E-state index is 0.341. The lowest BCUT2D eigenvalue weighted by Crippen LogP contribution is -2.30. The monoisotopic (exact) mass is 235 g/mol. The second kappa shape index (κ2) is 6.25. The standard InChI is InChI=1S/C15H25NO/c1-3-13-6-4-7-14(10-9-13)16-12(2)15-8-5-11-17-15/h5,8,11-14,16H,3-4,6-7,9-10H2,1-2H3/t12-,13?,14?/m0/s1. The number of hydrogen-bond donors (Lipinski definition) is 1. The predicted molar refractivity (Wildman–Crippen MR) is 70.9 cm³/mol. The van der Waals surface area contributed by atoms with Crippen molar-refractivity contribution in [2.24, 2.45) is 5.92 Å². The van der Waals surface area contributed by atoms with Gasteiger partial charge in [-0.05, 0) is 44.2 Å². The van der Waals surface area contributed by atoms with Crippen molar-refractivity contribution in [3.05, 3.63) is 24.2 Å². The van der Waals surface area contributed by atoms with E-state index in [1.807, 2.05) is 6.07 Å². The van der Waals surface area contributed by atoms with Gasteiger partial charge in [0.15, 0.2) is 0 Å². The van der Waals surface area contributed by atoms with E-state index in [1.54, 1.807) is 6.26 Å². The molecule has 1 heterocycles. The molecule has 1 aromatic rings. The molecule has 2 heteroatoms. The molecule has 96 valence electrons. The van der Waals surface area contributed by atoms with E-state index in [0.717, 1.165) is 11.7 Å². The number of furan rings is 1. The third kappa shape index (κ3) is 3.60. The number of hydrogen-bond acceptors (Lipinski definition) is 2. The smallest absolute Gasteiger partial charge is 0.120 e. The fourth-order valence-corrected chi connectivity index (χ4v) is 2.93. The van der Waals surface area contributed by atoms with E-state index < -0.39 is 0 Å². The molecule has 0 aromatic carbocycles. The second-order valence-electron chi connectivity index (χ2n) is 5.38. The highest BCUT2D eigenvalue weighted by Crippen LogP contribution is 2.27. The van der Waals surface area contributed by atoms with Crippen LogP contribution in [-0.4, -0.2) is 6.04 Å². The molecule has 3 atom stereocenters. The predicted octanol–water partition coefficient (Wildman–Crippen LogP) is 4.29. The van der Waals surface area contributed by atoms with E-state index in [2.05, 4.69) is 25.2 Å². The van der Waals surface area contributed by atoms with Gasteiger partial charge in [-0.3, -0.25) is 0 Å². The van der Waals surface area contributed by atoms with Crippen molar-refractivity contribution in [1.29, 1.82) is 0 Å². The molecule has 0 radical (unpaired) electrons. The normalized spacial score (nSPS) is 27.6. The Labute approximate surface area is 105 Å². The van der Waals surface area contributed by atoms with Gasteiger partial charge in [0, 0.05) is 6.04 Å². The van der Waals surface area contributed by atoms with E-state index in [4.69, 9.17) is 4.42 Å². The summed E-state index contributed by atoms with van der Waals surface area (Å²) in [4.78, 5) is 0. The fraction of sp³-hybridized carbons (Fsp3) is 0.733. The Balaban J connectivity index is 1.82. The molecule has 1 aromatic heterocycles. The van der Waals surface area contributed by atoms with Gasteiger partial charge < -0.3 is 9.73 Å². The van der Waals surface area contributed by atoms with Crippen molar-refractivity contribution in [3.8, 4) is 0 Å². The van der Waals surface area contributed by atoms with Crippen LogP contribution in [0, 0.1) is 5.92 Å². The molecule has 0 bridgehead atoms. The molecule has 1 N–H and O–H groups in total. The van der Waals surface area contributed by atoms with Crippen LogP contribution in [0.25, 0.3) is 0 Å². The van der Waals surface area contributed by atoms with Crippen LogP contribution in [0.1, 0.15) is 64.2 Å². The SMILES string of the molecule is CCC1CCCC(N[C@@H](C)c2ccco2)CC1. The molecule has 17 heavy (non-hydrogen) atoms. The zero-order valence-corrected chi connectivity index (χ0v) is 11.1. The lowest BCUT2D eigenvalue weighted by atomic mass is 9.98. The van der Waals surface area contributed by atoms with Crippen LogP contribution >= 0.6 is 0 Å². The quantitative estimate of drug-likeness (QED) is 0.788. The summed E-state index contributed by atoms with van der Waals surface area (Å²) in [5.74, 6) is 2.02. The van der Waals surface area contributed by atoms with E-state index in [0.29, 0.717) is 12.1 Å². The van der Waals surface area contributed by atoms with Crippen molar-refractivity contribution < 1.29 is 4.42 Å². The maximum Gasteiger partial charge on any atom is 0.120 e. The van der Waals surface area contributed by atoms with Crippen LogP contribution in [0.3, 0.4) is 0 Å². The molecule has 0 spiro atoms. The maximum atomic E-state index is 5.45. The van der Waals surface area contributed by atoms with E-state index in [9.17, 15) is 0 Å². The van der Waals surface area contributed by atoms with Gasteiger partial charge in [-0.25, -0.2) is 0 Å². The highest BCUT2D eigenvalue weighted by atomic mass is 16.3. The first kappa shape index (κ1) is 12.7. The van der Waals surface area contributed by atoms with Crippen LogP contribution in [0.2, 0.25) is 0 Å². The highest BCUT2D eigenvalue weighted by molar-refractivity contribution is 5.03. The molecule has 1 fully saturated rings. The van der Waals surface area contributed by atoms with Gasteiger partial charge in [0.25, 0.3) is 0 Å². The minimum absolute atomic E-state index is 0.341. The lowest BCUT2D eigenvalue weighted by molar-refractivity contribution is 0.361. The van der Waals surface area contributed by atoms with Crippen molar-refractivity contribution in [2.45, 2.75) is 64.5 Å². The molecule has 0 saturated heterocycles. The maximum absolute atomic E-state index is 5.45. The summed E-state index contributed by atoms with van der Waals surface area (Å²) in [5.41, 5.74) is 0. The summed E-state index contributed by atoms with van der Waals surface area (Å²) in [6, 6.07) is 5.04. The Kier molecular flexibility index (Phi) is 4.66. The topological polar surface area (TPSA) is 25.2 Å². The molecule has 0 aliphatic heterocycles. The van der Waals surface area contributed by atoms with Crippen molar-refractivity contribution in [2.75, 3.05) is 0 Å². The summed E-state index contributed by atoms with van der Waals surface area (Å²) in [5, 5.41) is 3.71. The van der Waals surface area contributed by atoms with Crippen LogP contribution in [-0.2, 0) is 0 Å². The first-order valence-electron chi connectivity index (χ1n) is 7.09. The van der Waals surface area contributed by atoms with Gasteiger partial charge >= 0.3 is 0 Å². The molecule has 1 aliphatic rings. The van der Waals surface area contributed by atoms with Crippen LogP contribution < -0.4 is 5.32 Å². The fourth-order valence-electron chi connectivity index (χ4n) is 2.93. The van der Waals surface area contributed by atoms with Crippen molar-refractivity contribution in [1.82, 2.24) is 5.32 Å². The Morgan fingerprint density at radius 3 is 2.94 bits per heavy atom. The summed E-state index contributed by atoms with van der Waals surface area (Å²) in [6.07, 6.45) is 9.93. The molecule has 0 amide bonds. The van der Waals surface area contributed by atoms with E-state index in [-0.39, 0.29) is 0 Å². The van der Waals surface area contributed by atoms with Crippen molar-refractivity contribution in [3.63, 3.8) is 0 Å². The first-order valence-corrected chi connectivity index (χ1v) is 7.09. The molecule has 1 aliphatic carbocycles. The van der Waals surface area contributed by atoms with Crippen molar-refractivity contribution >= 4 is 0 Å². The summed E-state index contributed by atoms with van der Waals surface area (Å²) >= 11 is 0. The van der Waals surface area contributed by atoms with Gasteiger partial charge in [-0.15, -0.1) is 0 Å². The van der Waals surface area contributed by atoms with Gasteiger partial charge in [0.2, 0.25) is 0 Å². The van der Waals surface area contributed by atoms with Gasteiger partial charge in [-0.2, -0.15) is 0 Å². The summed E-state index contributed by atoms with van der Waals surface area (Å²) in [6.45, 7) is 4.52. The van der Waals surface area contributed by atoms with Gasteiger partial charge in [0.05, 0.1) is 12.3 Å². The second-order valence-corrected chi connectivity index (χ2v) is 5.38. The number of nitrogens with one attached hydrogen (secondary N) is 1. The summed E-state index contributed by atoms with van der Waals surface area (Å²) < 4.78 is 5.45. The lowest BCUT2D eigenvalue weighted by Gasteiger charge is -2.20. The average molecular weight is 235 g/mol. The molecule has 2 rings (SSSR count). The minimum Gasteiger partial charge on any atom is -0.468 e.